The minimum Gasteiger partial charge on any atom is -0.466 e. The summed E-state index contributed by atoms with van der Waals surface area (Å²) >= 11 is 0. The fraction of sp³-hybridized carbons (Fsp3) is 0.158. The second-order valence-electron chi connectivity index (χ2n) is 6.83. The lowest BCUT2D eigenvalue weighted by molar-refractivity contribution is 0.210. The van der Waals surface area contributed by atoms with Crippen molar-refractivity contribution >= 4 is 22.2 Å². The number of rotatable bonds is 4. The molecule has 5 heterocycles. The lowest BCUT2D eigenvalue weighted by Gasteiger charge is -2.15. The van der Waals surface area contributed by atoms with Crippen LogP contribution in [-0.4, -0.2) is 39.3 Å². The van der Waals surface area contributed by atoms with Gasteiger partial charge >= 0.3 is 0 Å². The highest BCUT2D eigenvalue weighted by molar-refractivity contribution is 6.01. The Morgan fingerprint density at radius 2 is 1.94 bits per heavy atom. The Morgan fingerprint density at radius 3 is 2.71 bits per heavy atom. The van der Waals surface area contributed by atoms with E-state index in [1.807, 2.05) is 0 Å². The van der Waals surface area contributed by atoms with Gasteiger partial charge in [-0.3, -0.25) is 4.68 Å². The highest BCUT2D eigenvalue weighted by Crippen LogP contribution is 2.37. The topological polar surface area (TPSA) is 122 Å². The summed E-state index contributed by atoms with van der Waals surface area (Å²) < 4.78 is 37.8. The third-order valence-corrected chi connectivity index (χ3v) is 4.79. The van der Waals surface area contributed by atoms with E-state index in [0.29, 0.717) is 22.3 Å². The molecule has 0 amide bonds. The summed E-state index contributed by atoms with van der Waals surface area (Å²) in [7, 11) is 1.74. The van der Waals surface area contributed by atoms with Crippen LogP contribution in [0.4, 0.5) is 14.6 Å². The largest absolute Gasteiger partial charge is 0.466 e. The van der Waals surface area contributed by atoms with Crippen LogP contribution in [0.25, 0.3) is 27.5 Å². The van der Waals surface area contributed by atoms with E-state index >= 15 is 4.39 Å². The molecule has 10 nitrogen and oxygen atoms in total. The van der Waals surface area contributed by atoms with Crippen molar-refractivity contribution in [1.82, 2.24) is 39.3 Å². The predicted octanol–water partition coefficient (Wildman–Crippen LogP) is 2.47. The van der Waals surface area contributed by atoms with E-state index in [1.165, 1.54) is 24.8 Å². The van der Waals surface area contributed by atoms with Gasteiger partial charge in [-0.1, -0.05) is 0 Å². The molecule has 0 aliphatic rings. The number of hydrogen-bond donors (Lipinski definition) is 1. The summed E-state index contributed by atoms with van der Waals surface area (Å²) in [6, 6.07) is 1.46. The van der Waals surface area contributed by atoms with Gasteiger partial charge in [0.15, 0.2) is 23.6 Å². The SMILES string of the molecule is C[C@H](Oc1ncc(-c2ccn3ncc(F)c3c2F)c2ncnc(N)c12)c1ncn(C)n1. The van der Waals surface area contributed by atoms with E-state index in [2.05, 4.69) is 30.1 Å². The van der Waals surface area contributed by atoms with Gasteiger partial charge in [-0.2, -0.15) is 10.2 Å². The molecular weight excluding hydrogens is 408 g/mol. The maximum Gasteiger partial charge on any atom is 0.227 e. The van der Waals surface area contributed by atoms with Gasteiger partial charge in [-0.05, 0) is 13.0 Å². The number of halogens is 2. The van der Waals surface area contributed by atoms with Gasteiger partial charge in [0.25, 0.3) is 0 Å². The van der Waals surface area contributed by atoms with E-state index in [9.17, 15) is 4.39 Å². The summed E-state index contributed by atoms with van der Waals surface area (Å²) in [5, 5.41) is 8.29. The number of ether oxygens (including phenoxy) is 1. The zero-order valence-corrected chi connectivity index (χ0v) is 16.4. The van der Waals surface area contributed by atoms with E-state index in [4.69, 9.17) is 10.5 Å². The van der Waals surface area contributed by atoms with E-state index in [1.54, 1.807) is 25.0 Å². The molecule has 5 rings (SSSR count). The van der Waals surface area contributed by atoms with Crippen molar-refractivity contribution in [1.29, 1.82) is 0 Å². The van der Waals surface area contributed by atoms with Gasteiger partial charge in [-0.25, -0.2) is 33.2 Å². The van der Waals surface area contributed by atoms with Gasteiger partial charge in [0, 0.05) is 30.6 Å². The minimum absolute atomic E-state index is 0.0912. The van der Waals surface area contributed by atoms with Crippen LogP contribution in [0.5, 0.6) is 5.88 Å². The number of nitrogens with two attached hydrogens (primary N) is 1. The average Bonchev–Trinajstić information content (AvgIpc) is 3.35. The quantitative estimate of drug-likeness (QED) is 0.468. The van der Waals surface area contributed by atoms with Gasteiger partial charge < -0.3 is 10.5 Å². The molecule has 0 unspecified atom stereocenters. The number of aromatic nitrogens is 8. The minimum atomic E-state index is -0.794. The van der Waals surface area contributed by atoms with Crippen molar-refractivity contribution in [3.05, 3.63) is 54.8 Å². The van der Waals surface area contributed by atoms with Crippen LogP contribution >= 0.6 is 0 Å². The highest BCUT2D eigenvalue weighted by atomic mass is 19.1. The first-order chi connectivity index (χ1) is 14.9. The molecule has 0 radical (unpaired) electrons. The second kappa shape index (κ2) is 6.93. The van der Waals surface area contributed by atoms with Crippen LogP contribution < -0.4 is 10.5 Å². The average molecular weight is 423 g/mol. The normalized spacial score (nSPS) is 12.5. The first-order valence-electron chi connectivity index (χ1n) is 9.17. The Balaban J connectivity index is 1.67. The predicted molar refractivity (Wildman–Crippen MR) is 106 cm³/mol. The Kier molecular flexibility index (Phi) is 4.20. The number of pyridine rings is 2. The number of aryl methyl sites for hydroxylation is 1. The summed E-state index contributed by atoms with van der Waals surface area (Å²) in [5.74, 6) is -0.870. The van der Waals surface area contributed by atoms with Crippen molar-refractivity contribution in [3.8, 4) is 17.0 Å². The van der Waals surface area contributed by atoms with Crippen LogP contribution in [0, 0.1) is 11.6 Å². The van der Waals surface area contributed by atoms with Crippen LogP contribution in [0.3, 0.4) is 0 Å². The summed E-state index contributed by atoms with van der Waals surface area (Å²) in [6.45, 7) is 1.76. The summed E-state index contributed by atoms with van der Waals surface area (Å²) in [4.78, 5) is 16.8. The monoisotopic (exact) mass is 423 g/mol. The third-order valence-electron chi connectivity index (χ3n) is 4.79. The lowest BCUT2D eigenvalue weighted by atomic mass is 10.0. The van der Waals surface area contributed by atoms with Crippen molar-refractivity contribution < 1.29 is 13.5 Å². The van der Waals surface area contributed by atoms with E-state index in [-0.39, 0.29) is 22.8 Å². The molecule has 0 spiro atoms. The molecule has 0 saturated heterocycles. The molecule has 5 aromatic heterocycles. The smallest absolute Gasteiger partial charge is 0.227 e. The first-order valence-corrected chi connectivity index (χ1v) is 9.17. The van der Waals surface area contributed by atoms with Crippen LogP contribution in [0.1, 0.15) is 18.9 Å². The number of nitrogen functional groups attached to an aromatic ring is 1. The zero-order chi connectivity index (χ0) is 21.7. The Hall–Kier alpha value is -4.22. The van der Waals surface area contributed by atoms with Gasteiger partial charge in [0.05, 0.1) is 11.7 Å². The number of anilines is 1. The molecule has 12 heteroatoms. The third kappa shape index (κ3) is 2.99. The Morgan fingerprint density at radius 1 is 1.10 bits per heavy atom. The number of nitrogens with zero attached hydrogens (tertiary/aromatic N) is 8. The van der Waals surface area contributed by atoms with Crippen molar-refractivity contribution in [2.45, 2.75) is 13.0 Å². The van der Waals surface area contributed by atoms with Crippen LogP contribution in [-0.2, 0) is 7.05 Å². The molecule has 0 fully saturated rings. The van der Waals surface area contributed by atoms with Crippen LogP contribution in [0.2, 0.25) is 0 Å². The fourth-order valence-corrected chi connectivity index (χ4v) is 3.33. The summed E-state index contributed by atoms with van der Waals surface area (Å²) in [5.41, 5.74) is 6.51. The lowest BCUT2D eigenvalue weighted by Crippen LogP contribution is -2.09. The molecule has 0 saturated carbocycles. The fourth-order valence-electron chi connectivity index (χ4n) is 3.33. The Labute approximate surface area is 173 Å². The molecule has 31 heavy (non-hydrogen) atoms. The van der Waals surface area contributed by atoms with E-state index < -0.39 is 17.7 Å². The molecule has 0 aromatic carbocycles. The van der Waals surface area contributed by atoms with Crippen molar-refractivity contribution in [2.75, 3.05) is 5.73 Å². The molecule has 5 aromatic rings. The van der Waals surface area contributed by atoms with E-state index in [0.717, 1.165) is 10.7 Å². The first kappa shape index (κ1) is 18.8. The molecule has 0 aliphatic carbocycles. The maximum atomic E-state index is 15.2. The van der Waals surface area contributed by atoms with Gasteiger partial charge in [0.1, 0.15) is 29.4 Å². The van der Waals surface area contributed by atoms with Gasteiger partial charge in [-0.15, -0.1) is 0 Å². The molecule has 2 N–H and O–H groups in total. The number of hydrogen-bond acceptors (Lipinski definition) is 8. The second-order valence-corrected chi connectivity index (χ2v) is 6.83. The zero-order valence-electron chi connectivity index (χ0n) is 16.4. The number of fused-ring (bicyclic) bond motifs is 2. The van der Waals surface area contributed by atoms with Crippen molar-refractivity contribution in [2.24, 2.45) is 7.05 Å². The van der Waals surface area contributed by atoms with Crippen LogP contribution in [0.15, 0.2) is 37.3 Å². The van der Waals surface area contributed by atoms with Crippen molar-refractivity contribution in [3.63, 3.8) is 0 Å². The maximum absolute atomic E-state index is 15.2. The molecule has 1 atom stereocenters. The molecule has 0 aliphatic heterocycles. The standard InChI is InChI=1S/C19H15F2N9O/c1-9(18-26-8-29(2)28-18)31-19-13-15(24-7-25-17(13)22)11(5-23-19)10-3-4-30-16(14(10)21)12(20)6-27-30/h3-9H,1-2H3,(H2,22,24,25)/t9-/m0/s1. The molecular formula is C19H15F2N9O. The molecule has 156 valence electrons. The Bertz CT molecular complexity index is 1450. The summed E-state index contributed by atoms with van der Waals surface area (Å²) in [6.07, 6.45) is 6.05. The highest BCUT2D eigenvalue weighted by Gasteiger charge is 2.22. The molecule has 0 bridgehead atoms. The van der Waals surface area contributed by atoms with Gasteiger partial charge in [0.2, 0.25) is 5.88 Å².